The van der Waals surface area contributed by atoms with Gasteiger partial charge in [0.2, 0.25) is 5.95 Å². The molecule has 5 nitrogen and oxygen atoms in total. The van der Waals surface area contributed by atoms with E-state index in [4.69, 9.17) is 26.8 Å². The van der Waals surface area contributed by atoms with E-state index in [2.05, 4.69) is 4.98 Å². The van der Waals surface area contributed by atoms with Crippen molar-refractivity contribution >= 4 is 28.6 Å². The van der Waals surface area contributed by atoms with Gasteiger partial charge in [-0.3, -0.25) is 4.57 Å². The Bertz CT molecular complexity index is 844. The molecule has 0 aliphatic carbocycles. The van der Waals surface area contributed by atoms with Gasteiger partial charge in [-0.1, -0.05) is 17.7 Å². The van der Waals surface area contributed by atoms with Crippen LogP contribution in [0.5, 0.6) is 11.5 Å². The first kappa shape index (κ1) is 12.3. The lowest BCUT2D eigenvalue weighted by molar-refractivity contribution is 0.171. The number of para-hydroxylation sites is 1. The molecule has 2 heterocycles. The summed E-state index contributed by atoms with van der Waals surface area (Å²) in [5.74, 6) is 1.84. The fraction of sp³-hybridized carbons (Fsp3) is 0.133. The van der Waals surface area contributed by atoms with E-state index in [0.717, 1.165) is 17.0 Å². The zero-order chi connectivity index (χ0) is 14.4. The number of hydrogen-bond donors (Lipinski definition) is 1. The first-order chi connectivity index (χ1) is 10.2. The standard InChI is InChI=1S/C15H12ClN3O2/c16-10-2-1-3-11-14(10)18-15(17)19(11)9-4-5-12-13(8-9)21-7-6-20-12/h1-5,8H,6-7H2,(H2,17,18). The van der Waals surface area contributed by atoms with Gasteiger partial charge in [-0.2, -0.15) is 0 Å². The second-order valence-corrected chi connectivity index (χ2v) is 5.15. The number of aromatic nitrogens is 2. The summed E-state index contributed by atoms with van der Waals surface area (Å²) in [6.07, 6.45) is 0. The number of halogens is 1. The average molecular weight is 302 g/mol. The van der Waals surface area contributed by atoms with Gasteiger partial charge in [0.15, 0.2) is 11.5 Å². The van der Waals surface area contributed by atoms with Gasteiger partial charge >= 0.3 is 0 Å². The smallest absolute Gasteiger partial charge is 0.205 e. The number of hydrogen-bond acceptors (Lipinski definition) is 4. The topological polar surface area (TPSA) is 62.3 Å². The van der Waals surface area contributed by atoms with E-state index < -0.39 is 0 Å². The van der Waals surface area contributed by atoms with Gasteiger partial charge in [-0.05, 0) is 24.3 Å². The minimum Gasteiger partial charge on any atom is -0.486 e. The molecule has 6 heteroatoms. The third-order valence-electron chi connectivity index (χ3n) is 3.45. The van der Waals surface area contributed by atoms with E-state index in [1.807, 2.05) is 34.9 Å². The number of nitrogens with two attached hydrogens (primary N) is 1. The van der Waals surface area contributed by atoms with E-state index in [0.29, 0.717) is 35.5 Å². The molecule has 4 rings (SSSR count). The molecule has 0 saturated carbocycles. The molecule has 2 N–H and O–H groups in total. The Hall–Kier alpha value is -2.40. The predicted molar refractivity (Wildman–Crippen MR) is 81.5 cm³/mol. The van der Waals surface area contributed by atoms with Crippen molar-refractivity contribution in [3.8, 4) is 17.2 Å². The zero-order valence-electron chi connectivity index (χ0n) is 11.0. The van der Waals surface area contributed by atoms with Crippen LogP contribution in [0.25, 0.3) is 16.7 Å². The van der Waals surface area contributed by atoms with E-state index in [1.165, 1.54) is 0 Å². The highest BCUT2D eigenvalue weighted by molar-refractivity contribution is 6.35. The van der Waals surface area contributed by atoms with Crippen LogP contribution in [0, 0.1) is 0 Å². The first-order valence-electron chi connectivity index (χ1n) is 6.56. The van der Waals surface area contributed by atoms with Crippen LogP contribution in [0.15, 0.2) is 36.4 Å². The van der Waals surface area contributed by atoms with Crippen molar-refractivity contribution in [2.75, 3.05) is 18.9 Å². The number of benzene rings is 2. The molecular formula is C15H12ClN3O2. The highest BCUT2D eigenvalue weighted by atomic mass is 35.5. The van der Waals surface area contributed by atoms with E-state index >= 15 is 0 Å². The maximum absolute atomic E-state index is 6.17. The van der Waals surface area contributed by atoms with Crippen LogP contribution in [0.2, 0.25) is 5.02 Å². The lowest BCUT2D eigenvalue weighted by atomic mass is 10.2. The number of nitrogens with zero attached hydrogens (tertiary/aromatic N) is 2. The number of fused-ring (bicyclic) bond motifs is 2. The highest BCUT2D eigenvalue weighted by Gasteiger charge is 2.16. The molecular weight excluding hydrogens is 290 g/mol. The summed E-state index contributed by atoms with van der Waals surface area (Å²) in [5, 5.41) is 0.579. The summed E-state index contributed by atoms with van der Waals surface area (Å²) < 4.78 is 13.0. The van der Waals surface area contributed by atoms with Crippen molar-refractivity contribution < 1.29 is 9.47 Å². The van der Waals surface area contributed by atoms with E-state index in [-0.39, 0.29) is 0 Å². The molecule has 0 fully saturated rings. The minimum absolute atomic E-state index is 0.384. The third-order valence-corrected chi connectivity index (χ3v) is 3.75. The van der Waals surface area contributed by atoms with Crippen molar-refractivity contribution in [2.45, 2.75) is 0 Å². The molecule has 3 aromatic rings. The van der Waals surface area contributed by atoms with Crippen LogP contribution in [0.1, 0.15) is 0 Å². The molecule has 0 saturated heterocycles. The Labute approximate surface area is 125 Å². The first-order valence-corrected chi connectivity index (χ1v) is 6.94. The molecule has 106 valence electrons. The van der Waals surface area contributed by atoms with Crippen LogP contribution < -0.4 is 15.2 Å². The number of anilines is 1. The highest BCUT2D eigenvalue weighted by Crippen LogP contribution is 2.34. The Kier molecular flexibility index (Phi) is 2.68. The molecule has 2 aromatic carbocycles. The van der Waals surface area contributed by atoms with Crippen LogP contribution in [-0.2, 0) is 0 Å². The van der Waals surface area contributed by atoms with Crippen molar-refractivity contribution in [3.05, 3.63) is 41.4 Å². The fourth-order valence-corrected chi connectivity index (χ4v) is 2.74. The maximum atomic E-state index is 6.17. The molecule has 0 amide bonds. The van der Waals surface area contributed by atoms with Gasteiger partial charge < -0.3 is 15.2 Å². The van der Waals surface area contributed by atoms with Gasteiger partial charge in [-0.25, -0.2) is 4.98 Å². The SMILES string of the molecule is Nc1nc2c(Cl)cccc2n1-c1ccc2c(c1)OCCO2. The Balaban J connectivity index is 1.94. The average Bonchev–Trinajstić information content (AvgIpc) is 2.84. The van der Waals surface area contributed by atoms with Gasteiger partial charge in [0, 0.05) is 6.07 Å². The maximum Gasteiger partial charge on any atom is 0.205 e. The van der Waals surface area contributed by atoms with Gasteiger partial charge in [0.1, 0.15) is 18.7 Å². The monoisotopic (exact) mass is 301 g/mol. The van der Waals surface area contributed by atoms with E-state index in [9.17, 15) is 0 Å². The number of imidazole rings is 1. The van der Waals surface area contributed by atoms with Crippen LogP contribution in [0.3, 0.4) is 0 Å². The molecule has 21 heavy (non-hydrogen) atoms. The second kappa shape index (κ2) is 4.56. The molecule has 1 aliphatic heterocycles. The summed E-state index contributed by atoms with van der Waals surface area (Å²) >= 11 is 6.17. The number of ether oxygens (including phenoxy) is 2. The molecule has 0 radical (unpaired) electrons. The Morgan fingerprint density at radius 2 is 1.90 bits per heavy atom. The van der Waals surface area contributed by atoms with Gasteiger partial charge in [-0.15, -0.1) is 0 Å². The van der Waals surface area contributed by atoms with Crippen molar-refractivity contribution in [1.29, 1.82) is 0 Å². The summed E-state index contributed by atoms with van der Waals surface area (Å²) in [5.41, 5.74) is 8.46. The predicted octanol–water partition coefficient (Wildman–Crippen LogP) is 3.03. The molecule has 0 unspecified atom stereocenters. The summed E-state index contributed by atoms with van der Waals surface area (Å²) in [6.45, 7) is 1.11. The number of nitrogen functional groups attached to an aromatic ring is 1. The molecule has 0 atom stereocenters. The largest absolute Gasteiger partial charge is 0.486 e. The summed E-state index contributed by atoms with van der Waals surface area (Å²) in [7, 11) is 0. The van der Waals surface area contributed by atoms with Crippen molar-refractivity contribution in [2.24, 2.45) is 0 Å². The summed E-state index contributed by atoms with van der Waals surface area (Å²) in [6, 6.07) is 11.3. The molecule has 0 bridgehead atoms. The Morgan fingerprint density at radius 3 is 2.76 bits per heavy atom. The normalized spacial score (nSPS) is 13.6. The quantitative estimate of drug-likeness (QED) is 0.750. The van der Waals surface area contributed by atoms with Crippen molar-refractivity contribution in [1.82, 2.24) is 9.55 Å². The third kappa shape index (κ3) is 1.89. The van der Waals surface area contributed by atoms with Gasteiger partial charge in [0.25, 0.3) is 0 Å². The lowest BCUT2D eigenvalue weighted by Gasteiger charge is -2.19. The van der Waals surface area contributed by atoms with Crippen molar-refractivity contribution in [3.63, 3.8) is 0 Å². The minimum atomic E-state index is 0.384. The van der Waals surface area contributed by atoms with Crippen LogP contribution in [-0.4, -0.2) is 22.8 Å². The van der Waals surface area contributed by atoms with Crippen LogP contribution in [0.4, 0.5) is 5.95 Å². The Morgan fingerprint density at radius 1 is 1.10 bits per heavy atom. The molecule has 1 aliphatic rings. The van der Waals surface area contributed by atoms with Crippen LogP contribution >= 0.6 is 11.6 Å². The van der Waals surface area contributed by atoms with E-state index in [1.54, 1.807) is 6.07 Å². The second-order valence-electron chi connectivity index (χ2n) is 4.74. The fourth-order valence-electron chi connectivity index (χ4n) is 2.53. The number of rotatable bonds is 1. The molecule has 1 aromatic heterocycles. The van der Waals surface area contributed by atoms with Gasteiger partial charge in [0.05, 0.1) is 16.2 Å². The molecule has 0 spiro atoms. The lowest BCUT2D eigenvalue weighted by Crippen LogP contribution is -2.15. The zero-order valence-corrected chi connectivity index (χ0v) is 11.8. The summed E-state index contributed by atoms with van der Waals surface area (Å²) in [4.78, 5) is 4.34.